The zero-order valence-corrected chi connectivity index (χ0v) is 12.8. The van der Waals surface area contributed by atoms with Crippen LogP contribution in [-0.2, 0) is 4.74 Å². The highest BCUT2D eigenvalue weighted by molar-refractivity contribution is 6.05. The molecule has 0 aliphatic rings. The molecule has 4 rings (SSSR count). The first-order valence-corrected chi connectivity index (χ1v) is 7.36. The summed E-state index contributed by atoms with van der Waals surface area (Å²) in [6, 6.07) is 14.4. The van der Waals surface area contributed by atoms with Crippen LogP contribution in [0.3, 0.4) is 0 Å². The minimum atomic E-state index is -0.432. The topological polar surface area (TPSA) is 77.0 Å². The van der Waals surface area contributed by atoms with Gasteiger partial charge in [-0.3, -0.25) is 14.9 Å². The Bertz CT molecular complexity index is 1130. The number of nitrogens with one attached hydrogen (secondary N) is 1. The van der Waals surface area contributed by atoms with Gasteiger partial charge < -0.3 is 4.74 Å². The number of aromatic nitrogens is 3. The van der Waals surface area contributed by atoms with Gasteiger partial charge in [0.15, 0.2) is 0 Å². The largest absolute Gasteiger partial charge is 0.465 e. The molecule has 6 heteroatoms. The molecule has 2 heterocycles. The summed E-state index contributed by atoms with van der Waals surface area (Å²) < 4.78 is 6.23. The fourth-order valence-corrected chi connectivity index (χ4v) is 2.76. The lowest BCUT2D eigenvalue weighted by Gasteiger charge is -2.02. The van der Waals surface area contributed by atoms with Crippen molar-refractivity contribution in [3.05, 3.63) is 70.6 Å². The predicted octanol–water partition coefficient (Wildman–Crippen LogP) is 2.65. The SMILES string of the molecule is COC(=O)c1ccc2ncc3c(=O)n(-c4ccccc4)[nH]c3c2c1. The maximum atomic E-state index is 12.6. The van der Waals surface area contributed by atoms with Crippen LogP contribution in [-0.4, -0.2) is 27.8 Å². The average Bonchev–Trinajstić information content (AvgIpc) is 2.98. The number of benzene rings is 2. The summed E-state index contributed by atoms with van der Waals surface area (Å²) in [7, 11) is 1.33. The third kappa shape index (κ3) is 2.08. The summed E-state index contributed by atoms with van der Waals surface area (Å²) in [6.45, 7) is 0. The maximum absolute atomic E-state index is 12.6. The van der Waals surface area contributed by atoms with Crippen LogP contribution in [0.15, 0.2) is 59.5 Å². The minimum Gasteiger partial charge on any atom is -0.465 e. The zero-order chi connectivity index (χ0) is 16.7. The van der Waals surface area contributed by atoms with Crippen LogP contribution in [0.25, 0.3) is 27.5 Å². The van der Waals surface area contributed by atoms with E-state index in [2.05, 4.69) is 10.1 Å². The maximum Gasteiger partial charge on any atom is 0.337 e. The van der Waals surface area contributed by atoms with Gasteiger partial charge in [0.1, 0.15) is 0 Å². The Hall–Kier alpha value is -3.41. The van der Waals surface area contributed by atoms with Gasteiger partial charge >= 0.3 is 5.97 Å². The molecule has 2 aromatic heterocycles. The van der Waals surface area contributed by atoms with E-state index in [0.717, 1.165) is 5.69 Å². The molecule has 0 aliphatic carbocycles. The van der Waals surface area contributed by atoms with Crippen LogP contribution < -0.4 is 5.56 Å². The molecule has 0 saturated heterocycles. The summed E-state index contributed by atoms with van der Waals surface area (Å²) in [4.78, 5) is 28.7. The van der Waals surface area contributed by atoms with Gasteiger partial charge in [0.2, 0.25) is 0 Å². The van der Waals surface area contributed by atoms with Gasteiger partial charge in [0.05, 0.1) is 34.8 Å². The zero-order valence-electron chi connectivity index (χ0n) is 12.8. The van der Waals surface area contributed by atoms with Crippen LogP contribution in [0.1, 0.15) is 10.4 Å². The fraction of sp³-hybridized carbons (Fsp3) is 0.0556. The van der Waals surface area contributed by atoms with E-state index in [4.69, 9.17) is 4.74 Å². The highest BCUT2D eigenvalue weighted by atomic mass is 16.5. The normalized spacial score (nSPS) is 11.0. The molecule has 0 radical (unpaired) electrons. The van der Waals surface area contributed by atoms with E-state index >= 15 is 0 Å². The lowest BCUT2D eigenvalue weighted by atomic mass is 10.1. The van der Waals surface area contributed by atoms with Crippen molar-refractivity contribution in [2.75, 3.05) is 7.11 Å². The lowest BCUT2D eigenvalue weighted by molar-refractivity contribution is 0.0601. The first kappa shape index (κ1) is 14.2. The smallest absolute Gasteiger partial charge is 0.337 e. The second kappa shape index (κ2) is 5.34. The number of hydrogen-bond acceptors (Lipinski definition) is 4. The standard InChI is InChI=1S/C18H13N3O3/c1-24-18(23)11-7-8-15-13(9-11)16-14(10-19-15)17(22)21(20-16)12-5-3-2-4-6-12/h2-10,20H,1H3. The van der Waals surface area contributed by atoms with Crippen molar-refractivity contribution in [3.63, 3.8) is 0 Å². The van der Waals surface area contributed by atoms with Gasteiger partial charge in [-0.1, -0.05) is 18.2 Å². The van der Waals surface area contributed by atoms with Crippen molar-refractivity contribution in [2.24, 2.45) is 0 Å². The monoisotopic (exact) mass is 319 g/mol. The average molecular weight is 319 g/mol. The Morgan fingerprint density at radius 3 is 2.67 bits per heavy atom. The molecule has 0 amide bonds. The summed E-state index contributed by atoms with van der Waals surface area (Å²) in [5.74, 6) is -0.432. The first-order valence-electron chi connectivity index (χ1n) is 7.36. The Morgan fingerprint density at radius 1 is 1.12 bits per heavy atom. The number of esters is 1. The quantitative estimate of drug-likeness (QED) is 0.576. The Morgan fingerprint density at radius 2 is 1.92 bits per heavy atom. The van der Waals surface area contributed by atoms with Crippen LogP contribution in [0.5, 0.6) is 0 Å². The molecule has 118 valence electrons. The van der Waals surface area contributed by atoms with E-state index in [9.17, 15) is 9.59 Å². The highest BCUT2D eigenvalue weighted by Crippen LogP contribution is 2.22. The molecular formula is C18H13N3O3. The molecule has 0 unspecified atom stereocenters. The van der Waals surface area contributed by atoms with Crippen molar-refractivity contribution >= 4 is 27.8 Å². The van der Waals surface area contributed by atoms with Gasteiger partial charge in [0.25, 0.3) is 5.56 Å². The van der Waals surface area contributed by atoms with E-state index in [0.29, 0.717) is 27.4 Å². The molecule has 2 aromatic carbocycles. The van der Waals surface area contributed by atoms with Crippen molar-refractivity contribution in [3.8, 4) is 5.69 Å². The number of pyridine rings is 1. The number of fused-ring (bicyclic) bond motifs is 3. The molecule has 0 fully saturated rings. The summed E-state index contributed by atoms with van der Waals surface area (Å²) in [5, 5.41) is 4.28. The third-order valence-electron chi connectivity index (χ3n) is 3.96. The van der Waals surface area contributed by atoms with Gasteiger partial charge in [-0.25, -0.2) is 9.48 Å². The van der Waals surface area contributed by atoms with Crippen molar-refractivity contribution in [1.29, 1.82) is 0 Å². The molecule has 1 N–H and O–H groups in total. The predicted molar refractivity (Wildman–Crippen MR) is 90.5 cm³/mol. The van der Waals surface area contributed by atoms with Crippen LogP contribution >= 0.6 is 0 Å². The Labute approximate surface area is 136 Å². The summed E-state index contributed by atoms with van der Waals surface area (Å²) in [6.07, 6.45) is 1.55. The van der Waals surface area contributed by atoms with E-state index in [1.807, 2.05) is 30.3 Å². The number of ether oxygens (including phenoxy) is 1. The number of nitrogens with zero attached hydrogens (tertiary/aromatic N) is 2. The summed E-state index contributed by atoms with van der Waals surface area (Å²) in [5.41, 5.74) is 2.29. The molecule has 24 heavy (non-hydrogen) atoms. The molecule has 0 aliphatic heterocycles. The molecule has 0 bridgehead atoms. The number of rotatable bonds is 2. The van der Waals surface area contributed by atoms with Crippen LogP contribution in [0, 0.1) is 0 Å². The van der Waals surface area contributed by atoms with E-state index in [-0.39, 0.29) is 5.56 Å². The fourth-order valence-electron chi connectivity index (χ4n) is 2.76. The van der Waals surface area contributed by atoms with E-state index < -0.39 is 5.97 Å². The molecule has 0 atom stereocenters. The molecule has 4 aromatic rings. The van der Waals surface area contributed by atoms with E-state index in [1.165, 1.54) is 11.8 Å². The van der Waals surface area contributed by atoms with Crippen LogP contribution in [0.4, 0.5) is 0 Å². The number of para-hydroxylation sites is 1. The minimum absolute atomic E-state index is 0.186. The lowest BCUT2D eigenvalue weighted by Crippen LogP contribution is -2.13. The van der Waals surface area contributed by atoms with Crippen LogP contribution in [0.2, 0.25) is 0 Å². The number of H-pyrrole nitrogens is 1. The Balaban J connectivity index is 2.04. The Kier molecular flexibility index (Phi) is 3.16. The van der Waals surface area contributed by atoms with Crippen molar-refractivity contribution in [1.82, 2.24) is 14.8 Å². The van der Waals surface area contributed by atoms with Crippen molar-refractivity contribution < 1.29 is 9.53 Å². The number of carbonyl (C=O) groups excluding carboxylic acids is 1. The molecular weight excluding hydrogens is 306 g/mol. The third-order valence-corrected chi connectivity index (χ3v) is 3.96. The molecule has 0 saturated carbocycles. The number of aromatic amines is 1. The van der Waals surface area contributed by atoms with Gasteiger partial charge in [-0.15, -0.1) is 0 Å². The van der Waals surface area contributed by atoms with Gasteiger partial charge in [-0.2, -0.15) is 0 Å². The first-order chi connectivity index (χ1) is 11.7. The second-order valence-corrected chi connectivity index (χ2v) is 5.36. The summed E-state index contributed by atoms with van der Waals surface area (Å²) >= 11 is 0. The number of methoxy groups -OCH3 is 1. The number of carbonyl (C=O) groups is 1. The highest BCUT2D eigenvalue weighted by Gasteiger charge is 2.14. The second-order valence-electron chi connectivity index (χ2n) is 5.36. The van der Waals surface area contributed by atoms with Crippen molar-refractivity contribution in [2.45, 2.75) is 0 Å². The van der Waals surface area contributed by atoms with Gasteiger partial charge in [0, 0.05) is 11.6 Å². The molecule has 6 nitrogen and oxygen atoms in total. The molecule has 0 spiro atoms. The number of hydrogen-bond donors (Lipinski definition) is 1. The van der Waals surface area contributed by atoms with E-state index in [1.54, 1.807) is 24.4 Å². The van der Waals surface area contributed by atoms with Gasteiger partial charge in [-0.05, 0) is 30.3 Å².